The van der Waals surface area contributed by atoms with Crippen LogP contribution in [0.1, 0.15) is 0 Å². The minimum Gasteiger partial charge on any atom is -0.229 e. The van der Waals surface area contributed by atoms with Gasteiger partial charge in [-0.2, -0.15) is 17.6 Å². The van der Waals surface area contributed by atoms with Crippen molar-refractivity contribution in [1.29, 1.82) is 0 Å². The lowest BCUT2D eigenvalue weighted by Gasteiger charge is -2.06. The molecule has 0 aromatic heterocycles. The summed E-state index contributed by atoms with van der Waals surface area (Å²) in [6, 6.07) is 0. The Morgan fingerprint density at radius 1 is 1.33 bits per heavy atom. The van der Waals surface area contributed by atoms with Crippen molar-refractivity contribution in [2.24, 2.45) is 0 Å². The summed E-state index contributed by atoms with van der Waals surface area (Å²) >= 11 is 3.30. The summed E-state index contributed by atoms with van der Waals surface area (Å²) in [5, 5.41) is -2.18. The van der Waals surface area contributed by atoms with Crippen LogP contribution in [0.5, 0.6) is 0 Å². The zero-order valence-electron chi connectivity index (χ0n) is 3.88. The smallest absolute Gasteiger partial charge is 0.229 e. The van der Waals surface area contributed by atoms with E-state index in [-0.39, 0.29) is 0 Å². The number of rotatable bonds is 1. The lowest BCUT2D eigenvalue weighted by Crippen LogP contribution is -2.28. The first-order valence-electron chi connectivity index (χ1n) is 1.76. The zero-order chi connectivity index (χ0) is 7.65. The molecule has 0 rings (SSSR count). The normalized spacial score (nSPS) is 15.2. The van der Waals surface area contributed by atoms with Gasteiger partial charge in [0.2, 0.25) is 5.12 Å². The zero-order valence-corrected chi connectivity index (χ0v) is 4.69. The molecule has 6 heteroatoms. The molecule has 54 valence electrons. The Labute approximate surface area is 52.7 Å². The number of hydrogen-bond acceptors (Lipinski definition) is 1. The lowest BCUT2D eigenvalue weighted by atomic mass is 10.4. The first-order chi connectivity index (χ1) is 3.85. The second-order valence-corrected chi connectivity index (χ2v) is 1.60. The van der Waals surface area contributed by atoms with Crippen LogP contribution in [0.15, 0.2) is 0 Å². The van der Waals surface area contributed by atoms with Crippen molar-refractivity contribution in [3.8, 4) is 0 Å². The minimum absolute atomic E-state index is 2.18. The molecule has 1 unspecified atom stereocenters. The number of hydrogen-bond donors (Lipinski definition) is 0. The maximum absolute atomic E-state index is 11.4. The van der Waals surface area contributed by atoms with E-state index in [1.807, 2.05) is 0 Å². The number of halogens is 5. The van der Waals surface area contributed by atoms with Gasteiger partial charge in [0.15, 0.2) is 0 Å². The van der Waals surface area contributed by atoms with Crippen molar-refractivity contribution in [2.75, 3.05) is 0 Å². The summed E-state index contributed by atoms with van der Waals surface area (Å²) in [5.74, 6) is 0. The summed E-state index contributed by atoms with van der Waals surface area (Å²) in [6.45, 7) is 0. The molecular formula is C3HF5S. The molecule has 9 heavy (non-hydrogen) atoms. The third kappa shape index (κ3) is 2.69. The molecule has 0 aliphatic heterocycles. The molecule has 0 fully saturated rings. The molecule has 0 radical (unpaired) electrons. The molecule has 0 aromatic rings. The Kier molecular flexibility index (Phi) is 2.48. The fraction of sp³-hybridized carbons (Fsp3) is 0.667. The molecule has 0 amide bonds. The van der Waals surface area contributed by atoms with E-state index >= 15 is 0 Å². The molecule has 0 saturated carbocycles. The molecule has 0 bridgehead atoms. The van der Waals surface area contributed by atoms with E-state index < -0.39 is 17.5 Å². The highest BCUT2D eigenvalue weighted by Crippen LogP contribution is 2.24. The van der Waals surface area contributed by atoms with Crippen molar-refractivity contribution in [2.45, 2.75) is 12.3 Å². The van der Waals surface area contributed by atoms with Crippen LogP contribution in [0.2, 0.25) is 0 Å². The van der Waals surface area contributed by atoms with Crippen molar-refractivity contribution in [1.82, 2.24) is 0 Å². The largest absolute Gasteiger partial charge is 0.427 e. The highest BCUT2D eigenvalue weighted by atomic mass is 32.1. The minimum atomic E-state index is -5.20. The Morgan fingerprint density at radius 3 is 1.67 bits per heavy atom. The third-order valence-electron chi connectivity index (χ3n) is 0.487. The van der Waals surface area contributed by atoms with Crippen molar-refractivity contribution in [3.63, 3.8) is 0 Å². The van der Waals surface area contributed by atoms with Crippen molar-refractivity contribution >= 4 is 17.3 Å². The second kappa shape index (κ2) is 2.55. The second-order valence-electron chi connectivity index (χ2n) is 1.21. The van der Waals surface area contributed by atoms with Gasteiger partial charge in [0.05, 0.1) is 0 Å². The Morgan fingerprint density at radius 2 is 1.67 bits per heavy atom. The van der Waals surface area contributed by atoms with E-state index in [0.29, 0.717) is 0 Å². The molecule has 0 saturated heterocycles. The molecular weight excluding hydrogens is 163 g/mol. The highest BCUT2D eigenvalue weighted by molar-refractivity contribution is 7.80. The Bertz CT molecular complexity index is 116. The molecule has 0 aliphatic rings. The van der Waals surface area contributed by atoms with E-state index in [0.717, 1.165) is 0 Å². The van der Waals surface area contributed by atoms with Gasteiger partial charge in [-0.3, -0.25) is 0 Å². The average molecular weight is 164 g/mol. The molecule has 0 nitrogen and oxygen atoms in total. The van der Waals surface area contributed by atoms with Gasteiger partial charge in [0.25, 0.3) is 6.17 Å². The lowest BCUT2D eigenvalue weighted by molar-refractivity contribution is -0.161. The molecule has 0 aromatic carbocycles. The van der Waals surface area contributed by atoms with E-state index in [4.69, 9.17) is 0 Å². The van der Waals surface area contributed by atoms with Gasteiger partial charge >= 0.3 is 6.18 Å². The summed E-state index contributed by atoms with van der Waals surface area (Å²) in [5.41, 5.74) is 0. The predicted octanol–water partition coefficient (Wildman–Crippen LogP) is 2.18. The topological polar surface area (TPSA) is 0 Å². The predicted molar refractivity (Wildman–Crippen MR) is 24.7 cm³/mol. The highest BCUT2D eigenvalue weighted by Gasteiger charge is 2.43. The molecule has 0 aliphatic carbocycles. The summed E-state index contributed by atoms with van der Waals surface area (Å²) in [4.78, 5) is 0. The quantitative estimate of drug-likeness (QED) is 0.325. The monoisotopic (exact) mass is 164 g/mol. The summed E-state index contributed by atoms with van der Waals surface area (Å²) in [6.07, 6.45) is -8.82. The van der Waals surface area contributed by atoms with Crippen molar-refractivity contribution in [3.05, 3.63) is 0 Å². The van der Waals surface area contributed by atoms with Crippen LogP contribution >= 0.6 is 12.2 Å². The number of alkyl halides is 4. The van der Waals surface area contributed by atoms with Gasteiger partial charge in [-0.25, -0.2) is 4.39 Å². The molecule has 1 atom stereocenters. The first-order valence-corrected chi connectivity index (χ1v) is 2.16. The maximum Gasteiger partial charge on any atom is 0.427 e. The fourth-order valence-corrected chi connectivity index (χ4v) is 0.262. The SMILES string of the molecule is FC(=S)C(F)C(F)(F)F. The van der Waals surface area contributed by atoms with Gasteiger partial charge in [-0.05, 0) is 12.2 Å². The van der Waals surface area contributed by atoms with Crippen LogP contribution in [0.3, 0.4) is 0 Å². The van der Waals surface area contributed by atoms with Gasteiger partial charge in [0, 0.05) is 0 Å². The van der Waals surface area contributed by atoms with Crippen LogP contribution in [-0.2, 0) is 0 Å². The van der Waals surface area contributed by atoms with E-state index in [1.165, 1.54) is 0 Å². The van der Waals surface area contributed by atoms with Crippen LogP contribution in [-0.4, -0.2) is 17.5 Å². The van der Waals surface area contributed by atoms with Crippen LogP contribution in [0.25, 0.3) is 0 Å². The third-order valence-corrected chi connectivity index (χ3v) is 0.694. The van der Waals surface area contributed by atoms with Crippen LogP contribution < -0.4 is 0 Å². The van der Waals surface area contributed by atoms with E-state index in [2.05, 4.69) is 12.2 Å². The maximum atomic E-state index is 11.4. The molecule has 0 N–H and O–H groups in total. The first kappa shape index (κ1) is 8.74. The van der Waals surface area contributed by atoms with Crippen LogP contribution in [0, 0.1) is 0 Å². The average Bonchev–Trinajstić information content (AvgIpc) is 1.62. The summed E-state index contributed by atoms with van der Waals surface area (Å²) < 4.78 is 55.6. The van der Waals surface area contributed by atoms with Gasteiger partial charge in [0.1, 0.15) is 0 Å². The van der Waals surface area contributed by atoms with Crippen LogP contribution in [0.4, 0.5) is 22.0 Å². The Hall–Kier alpha value is -0.260. The van der Waals surface area contributed by atoms with Gasteiger partial charge < -0.3 is 0 Å². The van der Waals surface area contributed by atoms with E-state index in [9.17, 15) is 22.0 Å². The summed E-state index contributed by atoms with van der Waals surface area (Å²) in [7, 11) is 0. The van der Waals surface area contributed by atoms with Gasteiger partial charge in [-0.15, -0.1) is 0 Å². The standard InChI is InChI=1S/C3HF5S/c4-1(2(5)9)3(6,7)8/h1H. The van der Waals surface area contributed by atoms with Crippen molar-refractivity contribution < 1.29 is 22.0 Å². The number of thiocarbonyl (C=S) groups is 1. The van der Waals surface area contributed by atoms with Gasteiger partial charge in [-0.1, -0.05) is 0 Å². The molecule has 0 heterocycles. The fourth-order valence-electron chi connectivity index (χ4n) is 0.129. The Balaban J connectivity index is 4.04. The van der Waals surface area contributed by atoms with E-state index in [1.54, 1.807) is 0 Å². The molecule has 0 spiro atoms.